The third-order valence-corrected chi connectivity index (χ3v) is 3.79. The van der Waals surface area contributed by atoms with Crippen LogP contribution in [0.2, 0.25) is 5.02 Å². The standard InChI is InChI=1S/C18H15ClFN3O/c19-15-6-7-16(17(20)10-15)18(24)21-11-13-2-4-14(5-3-13)12-23-9-1-8-22-23/h1-10H,11-12H2,(H,21,24). The van der Waals surface area contributed by atoms with Crippen molar-refractivity contribution in [2.75, 3.05) is 0 Å². The number of aromatic nitrogens is 2. The predicted octanol–water partition coefficient (Wildman–Crippen LogP) is 3.65. The van der Waals surface area contributed by atoms with E-state index in [-0.39, 0.29) is 10.6 Å². The maximum atomic E-state index is 13.7. The number of carbonyl (C=O) groups is 1. The SMILES string of the molecule is O=C(NCc1ccc(Cn2cccn2)cc1)c1ccc(Cl)cc1F. The molecule has 3 rings (SSSR count). The summed E-state index contributed by atoms with van der Waals surface area (Å²) in [6.45, 7) is 1.01. The largest absolute Gasteiger partial charge is 0.348 e. The summed E-state index contributed by atoms with van der Waals surface area (Å²) in [5, 5.41) is 7.12. The Morgan fingerprint density at radius 1 is 1.17 bits per heavy atom. The van der Waals surface area contributed by atoms with Crippen molar-refractivity contribution in [1.82, 2.24) is 15.1 Å². The van der Waals surface area contributed by atoms with E-state index in [2.05, 4.69) is 10.4 Å². The number of nitrogens with one attached hydrogen (secondary N) is 1. The van der Waals surface area contributed by atoms with E-state index in [0.29, 0.717) is 13.1 Å². The Morgan fingerprint density at radius 3 is 2.58 bits per heavy atom. The van der Waals surface area contributed by atoms with Crippen LogP contribution in [0.5, 0.6) is 0 Å². The summed E-state index contributed by atoms with van der Waals surface area (Å²) >= 11 is 5.68. The molecule has 3 aromatic rings. The van der Waals surface area contributed by atoms with Crippen molar-refractivity contribution in [3.63, 3.8) is 0 Å². The predicted molar refractivity (Wildman–Crippen MR) is 90.4 cm³/mol. The summed E-state index contributed by atoms with van der Waals surface area (Å²) < 4.78 is 15.5. The van der Waals surface area contributed by atoms with Gasteiger partial charge in [0.15, 0.2) is 0 Å². The van der Waals surface area contributed by atoms with Gasteiger partial charge in [-0.3, -0.25) is 9.48 Å². The molecular formula is C18H15ClFN3O. The minimum Gasteiger partial charge on any atom is -0.348 e. The number of carbonyl (C=O) groups excluding carboxylic acids is 1. The van der Waals surface area contributed by atoms with E-state index < -0.39 is 11.7 Å². The van der Waals surface area contributed by atoms with Gasteiger partial charge in [0.1, 0.15) is 5.82 Å². The van der Waals surface area contributed by atoms with Crippen molar-refractivity contribution in [2.24, 2.45) is 0 Å². The zero-order valence-electron chi connectivity index (χ0n) is 12.7. The molecule has 2 aromatic carbocycles. The highest BCUT2D eigenvalue weighted by Gasteiger charge is 2.11. The van der Waals surface area contributed by atoms with Crippen LogP contribution < -0.4 is 5.32 Å². The van der Waals surface area contributed by atoms with E-state index in [1.807, 2.05) is 41.2 Å². The van der Waals surface area contributed by atoms with Gasteiger partial charge in [-0.15, -0.1) is 0 Å². The van der Waals surface area contributed by atoms with Gasteiger partial charge < -0.3 is 5.32 Å². The summed E-state index contributed by atoms with van der Waals surface area (Å²) in [6.07, 6.45) is 3.63. The zero-order valence-corrected chi connectivity index (χ0v) is 13.5. The molecule has 0 saturated carbocycles. The average Bonchev–Trinajstić information content (AvgIpc) is 3.07. The molecule has 6 heteroatoms. The van der Waals surface area contributed by atoms with Gasteiger partial charge in [0.2, 0.25) is 0 Å². The number of amides is 1. The summed E-state index contributed by atoms with van der Waals surface area (Å²) in [6, 6.07) is 13.7. The fraction of sp³-hybridized carbons (Fsp3) is 0.111. The Morgan fingerprint density at radius 2 is 1.92 bits per heavy atom. The fourth-order valence-corrected chi connectivity index (χ4v) is 2.45. The molecule has 4 nitrogen and oxygen atoms in total. The molecule has 0 fully saturated rings. The van der Waals surface area contributed by atoms with Crippen molar-refractivity contribution in [3.8, 4) is 0 Å². The molecule has 122 valence electrons. The third-order valence-electron chi connectivity index (χ3n) is 3.56. The summed E-state index contributed by atoms with van der Waals surface area (Å²) in [5.74, 6) is -1.10. The van der Waals surface area contributed by atoms with Crippen LogP contribution in [0.4, 0.5) is 4.39 Å². The zero-order chi connectivity index (χ0) is 16.9. The minimum atomic E-state index is -0.630. The lowest BCUT2D eigenvalue weighted by molar-refractivity contribution is 0.0947. The molecule has 0 aliphatic carbocycles. The van der Waals surface area contributed by atoms with Gasteiger partial charge in [0.05, 0.1) is 12.1 Å². The fourth-order valence-electron chi connectivity index (χ4n) is 2.29. The monoisotopic (exact) mass is 343 g/mol. The third kappa shape index (κ3) is 4.00. The van der Waals surface area contributed by atoms with E-state index in [4.69, 9.17) is 11.6 Å². The molecule has 0 bridgehead atoms. The van der Waals surface area contributed by atoms with Gasteiger partial charge >= 0.3 is 0 Å². The first-order valence-corrected chi connectivity index (χ1v) is 7.78. The second kappa shape index (κ2) is 7.27. The highest BCUT2D eigenvalue weighted by molar-refractivity contribution is 6.30. The number of halogens is 2. The molecule has 0 atom stereocenters. The molecule has 0 radical (unpaired) electrons. The smallest absolute Gasteiger partial charge is 0.254 e. The number of hydrogen-bond acceptors (Lipinski definition) is 2. The first-order valence-electron chi connectivity index (χ1n) is 7.40. The highest BCUT2D eigenvalue weighted by atomic mass is 35.5. The lowest BCUT2D eigenvalue weighted by Crippen LogP contribution is -2.23. The minimum absolute atomic E-state index is 0.0188. The van der Waals surface area contributed by atoms with Crippen LogP contribution in [0, 0.1) is 5.82 Å². The van der Waals surface area contributed by atoms with Gasteiger partial charge in [0.25, 0.3) is 5.91 Å². The molecule has 1 aromatic heterocycles. The number of benzene rings is 2. The molecule has 0 spiro atoms. The summed E-state index contributed by atoms with van der Waals surface area (Å²) in [7, 11) is 0. The number of rotatable bonds is 5. The Hall–Kier alpha value is -2.66. The van der Waals surface area contributed by atoms with E-state index in [9.17, 15) is 9.18 Å². The van der Waals surface area contributed by atoms with Crippen molar-refractivity contribution in [3.05, 3.63) is 88.5 Å². The molecule has 0 unspecified atom stereocenters. The summed E-state index contributed by atoms with van der Waals surface area (Å²) in [4.78, 5) is 12.0. The van der Waals surface area contributed by atoms with Crippen LogP contribution in [0.3, 0.4) is 0 Å². The van der Waals surface area contributed by atoms with Crippen LogP contribution in [-0.4, -0.2) is 15.7 Å². The quantitative estimate of drug-likeness (QED) is 0.768. The first-order chi connectivity index (χ1) is 11.6. The maximum absolute atomic E-state index is 13.7. The van der Waals surface area contributed by atoms with Crippen molar-refractivity contribution < 1.29 is 9.18 Å². The molecule has 1 amide bonds. The Balaban J connectivity index is 1.59. The van der Waals surface area contributed by atoms with Crippen molar-refractivity contribution in [2.45, 2.75) is 13.1 Å². The average molecular weight is 344 g/mol. The topological polar surface area (TPSA) is 46.9 Å². The molecule has 1 N–H and O–H groups in total. The lowest BCUT2D eigenvalue weighted by Gasteiger charge is -2.08. The first kappa shape index (κ1) is 16.2. The normalized spacial score (nSPS) is 10.6. The van der Waals surface area contributed by atoms with Crippen molar-refractivity contribution >= 4 is 17.5 Å². The summed E-state index contributed by atoms with van der Waals surface area (Å²) in [5.41, 5.74) is 2.02. The van der Waals surface area contributed by atoms with Gasteiger partial charge in [-0.1, -0.05) is 35.9 Å². The van der Waals surface area contributed by atoms with Crippen LogP contribution >= 0.6 is 11.6 Å². The second-order valence-corrected chi connectivity index (χ2v) is 5.76. The molecule has 24 heavy (non-hydrogen) atoms. The van der Waals surface area contributed by atoms with Gasteiger partial charge in [-0.05, 0) is 35.4 Å². The van der Waals surface area contributed by atoms with E-state index in [1.54, 1.807) is 6.20 Å². The Kier molecular flexibility index (Phi) is 4.91. The molecular weight excluding hydrogens is 329 g/mol. The molecule has 0 aliphatic rings. The van der Waals surface area contributed by atoms with Crippen LogP contribution in [-0.2, 0) is 13.1 Å². The van der Waals surface area contributed by atoms with Crippen molar-refractivity contribution in [1.29, 1.82) is 0 Å². The van der Waals surface area contributed by atoms with E-state index >= 15 is 0 Å². The van der Waals surface area contributed by atoms with Gasteiger partial charge in [-0.2, -0.15) is 5.10 Å². The highest BCUT2D eigenvalue weighted by Crippen LogP contribution is 2.14. The van der Waals surface area contributed by atoms with Gasteiger partial charge in [-0.25, -0.2) is 4.39 Å². The molecule has 1 heterocycles. The van der Waals surface area contributed by atoms with Crippen LogP contribution in [0.15, 0.2) is 60.9 Å². The number of nitrogens with zero attached hydrogens (tertiary/aromatic N) is 2. The van der Waals surface area contributed by atoms with Gasteiger partial charge in [0, 0.05) is 24.0 Å². The second-order valence-electron chi connectivity index (χ2n) is 5.33. The molecule has 0 saturated heterocycles. The maximum Gasteiger partial charge on any atom is 0.254 e. The Bertz CT molecular complexity index is 832. The Labute approximate surface area is 143 Å². The van der Waals surface area contributed by atoms with Crippen LogP contribution in [0.25, 0.3) is 0 Å². The van der Waals surface area contributed by atoms with E-state index in [0.717, 1.165) is 17.2 Å². The number of hydrogen-bond donors (Lipinski definition) is 1. The van der Waals surface area contributed by atoms with Crippen LogP contribution in [0.1, 0.15) is 21.5 Å². The van der Waals surface area contributed by atoms with E-state index in [1.165, 1.54) is 12.1 Å². The lowest BCUT2D eigenvalue weighted by atomic mass is 10.1. The molecule has 0 aliphatic heterocycles.